The Bertz CT molecular complexity index is 313. The lowest BCUT2D eigenvalue weighted by Crippen LogP contribution is -2.25. The number of hydrogen-bond donors (Lipinski definition) is 1. The topological polar surface area (TPSA) is 37.8 Å². The highest BCUT2D eigenvalue weighted by molar-refractivity contribution is 8.01. The van der Waals surface area contributed by atoms with Crippen molar-refractivity contribution in [2.24, 2.45) is 0 Å². The molecule has 0 radical (unpaired) electrons. The van der Waals surface area contributed by atoms with Crippen molar-refractivity contribution >= 4 is 23.3 Å². The SMILES string of the molecule is CCNC1CCC(Sc2nc(C)ns2)C1. The van der Waals surface area contributed by atoms with Gasteiger partial charge in [-0.1, -0.05) is 18.7 Å². The van der Waals surface area contributed by atoms with Crippen molar-refractivity contribution in [2.45, 2.75) is 48.7 Å². The van der Waals surface area contributed by atoms with Gasteiger partial charge in [0.2, 0.25) is 0 Å². The molecule has 2 rings (SSSR count). The highest BCUT2D eigenvalue weighted by Gasteiger charge is 2.25. The van der Waals surface area contributed by atoms with Crippen LogP contribution in [0.5, 0.6) is 0 Å². The zero-order valence-corrected chi connectivity index (χ0v) is 10.8. The Balaban J connectivity index is 1.82. The first kappa shape index (κ1) is 11.4. The lowest BCUT2D eigenvalue weighted by molar-refractivity contribution is 0.543. The van der Waals surface area contributed by atoms with Crippen molar-refractivity contribution in [3.63, 3.8) is 0 Å². The largest absolute Gasteiger partial charge is 0.314 e. The maximum absolute atomic E-state index is 4.40. The maximum atomic E-state index is 4.40. The number of aryl methyl sites for hydroxylation is 1. The monoisotopic (exact) mass is 243 g/mol. The number of nitrogens with zero attached hydrogens (tertiary/aromatic N) is 2. The Morgan fingerprint density at radius 3 is 3.07 bits per heavy atom. The van der Waals surface area contributed by atoms with E-state index in [-0.39, 0.29) is 0 Å². The van der Waals surface area contributed by atoms with E-state index in [1.807, 2.05) is 18.7 Å². The molecule has 1 heterocycles. The summed E-state index contributed by atoms with van der Waals surface area (Å²) in [7, 11) is 0. The van der Waals surface area contributed by atoms with E-state index in [0.29, 0.717) is 0 Å². The lowest BCUT2D eigenvalue weighted by atomic mass is 10.2. The molecule has 0 aliphatic heterocycles. The zero-order valence-electron chi connectivity index (χ0n) is 9.19. The second kappa shape index (κ2) is 5.27. The summed E-state index contributed by atoms with van der Waals surface area (Å²) in [5, 5.41) is 4.26. The lowest BCUT2D eigenvalue weighted by Gasteiger charge is -2.10. The van der Waals surface area contributed by atoms with Crippen LogP contribution >= 0.6 is 23.3 Å². The van der Waals surface area contributed by atoms with Crippen LogP contribution < -0.4 is 5.32 Å². The van der Waals surface area contributed by atoms with Crippen LogP contribution in [0.4, 0.5) is 0 Å². The van der Waals surface area contributed by atoms with Gasteiger partial charge in [-0.15, -0.1) is 0 Å². The average Bonchev–Trinajstić information content (AvgIpc) is 2.78. The molecule has 0 spiro atoms. The van der Waals surface area contributed by atoms with Gasteiger partial charge in [-0.3, -0.25) is 0 Å². The predicted molar refractivity (Wildman–Crippen MR) is 65.6 cm³/mol. The van der Waals surface area contributed by atoms with Crippen LogP contribution in [-0.4, -0.2) is 27.2 Å². The first-order chi connectivity index (χ1) is 7.28. The van der Waals surface area contributed by atoms with Gasteiger partial charge in [-0.2, -0.15) is 4.37 Å². The van der Waals surface area contributed by atoms with Crippen molar-refractivity contribution in [3.8, 4) is 0 Å². The molecule has 1 aliphatic rings. The Morgan fingerprint density at radius 1 is 1.53 bits per heavy atom. The molecular formula is C10H17N3S2. The van der Waals surface area contributed by atoms with Gasteiger partial charge in [0.15, 0.2) is 4.34 Å². The molecule has 1 aromatic rings. The summed E-state index contributed by atoms with van der Waals surface area (Å²) in [6.07, 6.45) is 3.89. The molecule has 2 unspecified atom stereocenters. The first-order valence-electron chi connectivity index (χ1n) is 5.48. The third kappa shape index (κ3) is 3.16. The molecule has 0 bridgehead atoms. The van der Waals surface area contributed by atoms with Crippen molar-refractivity contribution < 1.29 is 0 Å². The molecule has 0 aromatic carbocycles. The number of hydrogen-bond acceptors (Lipinski definition) is 5. The second-order valence-electron chi connectivity index (χ2n) is 3.92. The summed E-state index contributed by atoms with van der Waals surface area (Å²) in [5.41, 5.74) is 0. The highest BCUT2D eigenvalue weighted by Crippen LogP contribution is 2.35. The minimum Gasteiger partial charge on any atom is -0.314 e. The molecule has 15 heavy (non-hydrogen) atoms. The smallest absolute Gasteiger partial charge is 0.170 e. The molecule has 1 saturated carbocycles. The molecule has 1 aromatic heterocycles. The minimum atomic E-state index is 0.724. The van der Waals surface area contributed by atoms with Crippen LogP contribution in [0.15, 0.2) is 4.34 Å². The molecule has 0 saturated heterocycles. The van der Waals surface area contributed by atoms with Crippen LogP contribution in [0.1, 0.15) is 32.0 Å². The van der Waals surface area contributed by atoms with E-state index in [1.165, 1.54) is 30.8 Å². The summed E-state index contributed by atoms with van der Waals surface area (Å²) in [4.78, 5) is 4.40. The Morgan fingerprint density at radius 2 is 2.40 bits per heavy atom. The maximum Gasteiger partial charge on any atom is 0.170 e. The number of nitrogens with one attached hydrogen (secondary N) is 1. The second-order valence-corrected chi connectivity index (χ2v) is 6.21. The fourth-order valence-corrected chi connectivity index (χ4v) is 4.16. The van der Waals surface area contributed by atoms with Crippen molar-refractivity contribution in [2.75, 3.05) is 6.54 Å². The standard InChI is InChI=1S/C10H17N3S2/c1-3-11-8-4-5-9(6-8)14-10-12-7(2)13-15-10/h8-9,11H,3-6H2,1-2H3. The first-order valence-corrected chi connectivity index (χ1v) is 7.13. The normalized spacial score (nSPS) is 26.0. The van der Waals surface area contributed by atoms with Crippen LogP contribution in [0.25, 0.3) is 0 Å². The van der Waals surface area contributed by atoms with Crippen molar-refractivity contribution in [3.05, 3.63) is 5.82 Å². The molecule has 1 aliphatic carbocycles. The average molecular weight is 243 g/mol. The van der Waals surface area contributed by atoms with Crippen LogP contribution in [0, 0.1) is 6.92 Å². The van der Waals surface area contributed by atoms with Gasteiger partial charge in [-0.25, -0.2) is 4.98 Å². The van der Waals surface area contributed by atoms with Crippen LogP contribution in [0.3, 0.4) is 0 Å². The van der Waals surface area contributed by atoms with Gasteiger partial charge in [-0.05, 0) is 44.3 Å². The van der Waals surface area contributed by atoms with E-state index >= 15 is 0 Å². The third-order valence-electron chi connectivity index (χ3n) is 2.65. The van der Waals surface area contributed by atoms with Gasteiger partial charge >= 0.3 is 0 Å². The predicted octanol–water partition coefficient (Wildman–Crippen LogP) is 2.47. The van der Waals surface area contributed by atoms with Gasteiger partial charge in [0.05, 0.1) is 0 Å². The molecule has 1 fully saturated rings. The van der Waals surface area contributed by atoms with E-state index in [0.717, 1.165) is 28.0 Å². The molecular weight excluding hydrogens is 226 g/mol. The summed E-state index contributed by atoms with van der Waals surface area (Å²) < 4.78 is 5.34. The molecule has 3 nitrogen and oxygen atoms in total. The van der Waals surface area contributed by atoms with E-state index in [4.69, 9.17) is 0 Å². The third-order valence-corrected chi connectivity index (χ3v) is 4.82. The Hall–Kier alpha value is -0.130. The van der Waals surface area contributed by atoms with Gasteiger partial charge < -0.3 is 5.32 Å². The van der Waals surface area contributed by atoms with Crippen LogP contribution in [0.2, 0.25) is 0 Å². The number of thioether (sulfide) groups is 1. The fraction of sp³-hybridized carbons (Fsp3) is 0.800. The summed E-state index contributed by atoms with van der Waals surface area (Å²) in [6, 6.07) is 0.724. The molecule has 2 atom stereocenters. The van der Waals surface area contributed by atoms with Gasteiger partial charge in [0, 0.05) is 11.3 Å². The van der Waals surface area contributed by atoms with E-state index in [2.05, 4.69) is 21.6 Å². The van der Waals surface area contributed by atoms with Gasteiger partial charge in [0.1, 0.15) is 5.82 Å². The quantitative estimate of drug-likeness (QED) is 0.881. The molecule has 84 valence electrons. The van der Waals surface area contributed by atoms with Crippen LogP contribution in [-0.2, 0) is 0 Å². The fourth-order valence-electron chi connectivity index (χ4n) is 1.99. The number of aromatic nitrogens is 2. The van der Waals surface area contributed by atoms with E-state index < -0.39 is 0 Å². The minimum absolute atomic E-state index is 0.724. The highest BCUT2D eigenvalue weighted by atomic mass is 32.2. The van der Waals surface area contributed by atoms with E-state index in [9.17, 15) is 0 Å². The van der Waals surface area contributed by atoms with Crippen molar-refractivity contribution in [1.29, 1.82) is 0 Å². The van der Waals surface area contributed by atoms with E-state index in [1.54, 1.807) is 0 Å². The molecule has 0 amide bonds. The summed E-state index contributed by atoms with van der Waals surface area (Å²) in [5.74, 6) is 0.906. The Kier molecular flexibility index (Phi) is 3.99. The summed E-state index contributed by atoms with van der Waals surface area (Å²) >= 11 is 3.44. The zero-order chi connectivity index (χ0) is 10.7. The molecule has 5 heteroatoms. The number of rotatable bonds is 4. The Labute approximate surface area is 99.2 Å². The van der Waals surface area contributed by atoms with Gasteiger partial charge in [0.25, 0.3) is 0 Å². The molecule has 1 N–H and O–H groups in total. The van der Waals surface area contributed by atoms with Crippen molar-refractivity contribution in [1.82, 2.24) is 14.7 Å². The summed E-state index contributed by atoms with van der Waals surface area (Å²) in [6.45, 7) is 5.21.